The van der Waals surface area contributed by atoms with E-state index in [0.717, 1.165) is 12.2 Å². The minimum atomic E-state index is -0.481. The number of aromatic nitrogens is 2. The quantitative estimate of drug-likeness (QED) is 0.363. The summed E-state index contributed by atoms with van der Waals surface area (Å²) in [5.41, 5.74) is 5.57. The Morgan fingerprint density at radius 3 is 2.46 bits per heavy atom. The van der Waals surface area contributed by atoms with Crippen LogP contribution in [0.3, 0.4) is 0 Å². The molecule has 1 aliphatic carbocycles. The Morgan fingerprint density at radius 2 is 1.80 bits per heavy atom. The van der Waals surface area contributed by atoms with Crippen LogP contribution in [0.15, 0.2) is 34.9 Å². The number of amides is 1. The van der Waals surface area contributed by atoms with E-state index in [1.807, 2.05) is 6.07 Å². The number of nitrogens with one attached hydrogen (secondary N) is 1. The van der Waals surface area contributed by atoms with Crippen LogP contribution in [0.25, 0.3) is 0 Å². The van der Waals surface area contributed by atoms with Crippen molar-refractivity contribution >= 4 is 11.7 Å². The van der Waals surface area contributed by atoms with Gasteiger partial charge in [0, 0.05) is 13.3 Å². The number of imidazole rings is 1. The smallest absolute Gasteiger partial charge is 0.342 e. The third-order valence-electron chi connectivity index (χ3n) is 7.40. The van der Waals surface area contributed by atoms with Crippen LogP contribution in [-0.4, -0.2) is 26.9 Å². The molecule has 0 bridgehead atoms. The predicted molar refractivity (Wildman–Crippen MR) is 134 cm³/mol. The van der Waals surface area contributed by atoms with Gasteiger partial charge in [0.05, 0.1) is 6.54 Å². The van der Waals surface area contributed by atoms with Crippen molar-refractivity contribution in [1.29, 1.82) is 0 Å². The second kappa shape index (κ2) is 8.98. The van der Waals surface area contributed by atoms with Crippen molar-refractivity contribution in [2.75, 3.05) is 6.54 Å². The van der Waals surface area contributed by atoms with E-state index in [1.165, 1.54) is 39.4 Å². The molecule has 3 aromatic rings. The van der Waals surface area contributed by atoms with Crippen LogP contribution in [0, 0.1) is 24.0 Å². The second-order valence-corrected chi connectivity index (χ2v) is 10.9. The number of rotatable bonds is 7. The summed E-state index contributed by atoms with van der Waals surface area (Å²) in [6.45, 7) is 13.6. The molecule has 0 spiro atoms. The first-order valence-electron chi connectivity index (χ1n) is 12.1. The van der Waals surface area contributed by atoms with Gasteiger partial charge in [0.1, 0.15) is 18.5 Å². The SMILES string of the molecule is Cc1cc2c(cc1Cc1ccc(C(=O)NCCn3c([N+](=O)[O-])cnc3C)o1)C(C)(C)CCC2(C)C. The summed E-state index contributed by atoms with van der Waals surface area (Å²) in [7, 11) is 0. The van der Waals surface area contributed by atoms with Crippen molar-refractivity contribution in [2.45, 2.75) is 78.2 Å². The summed E-state index contributed by atoms with van der Waals surface area (Å²) >= 11 is 0. The summed E-state index contributed by atoms with van der Waals surface area (Å²) in [4.78, 5) is 27.2. The Labute approximate surface area is 205 Å². The molecule has 0 radical (unpaired) electrons. The summed E-state index contributed by atoms with van der Waals surface area (Å²) < 4.78 is 7.34. The summed E-state index contributed by atoms with van der Waals surface area (Å²) in [6, 6.07) is 8.18. The van der Waals surface area contributed by atoms with Gasteiger partial charge in [-0.25, -0.2) is 9.55 Å². The van der Waals surface area contributed by atoms with E-state index < -0.39 is 4.92 Å². The zero-order valence-electron chi connectivity index (χ0n) is 21.4. The number of hydrogen-bond acceptors (Lipinski definition) is 5. The van der Waals surface area contributed by atoms with Gasteiger partial charge >= 0.3 is 5.82 Å². The molecule has 8 heteroatoms. The number of nitro groups is 1. The largest absolute Gasteiger partial charge is 0.456 e. The van der Waals surface area contributed by atoms with Crippen LogP contribution in [-0.2, 0) is 23.8 Å². The number of furan rings is 1. The van der Waals surface area contributed by atoms with E-state index in [0.29, 0.717) is 12.2 Å². The molecule has 0 saturated heterocycles. The molecule has 0 aliphatic heterocycles. The zero-order valence-corrected chi connectivity index (χ0v) is 21.4. The van der Waals surface area contributed by atoms with Crippen LogP contribution < -0.4 is 5.32 Å². The van der Waals surface area contributed by atoms with Gasteiger partial charge < -0.3 is 19.8 Å². The van der Waals surface area contributed by atoms with Gasteiger partial charge in [0.15, 0.2) is 11.6 Å². The molecule has 1 amide bonds. The lowest BCUT2D eigenvalue weighted by molar-refractivity contribution is -0.392. The highest BCUT2D eigenvalue weighted by molar-refractivity contribution is 5.91. The Balaban J connectivity index is 1.45. The van der Waals surface area contributed by atoms with Crippen LogP contribution >= 0.6 is 0 Å². The first-order valence-corrected chi connectivity index (χ1v) is 12.1. The Hall–Kier alpha value is -3.42. The average Bonchev–Trinajstić information content (AvgIpc) is 3.39. The highest BCUT2D eigenvalue weighted by Crippen LogP contribution is 2.46. The molecule has 2 heterocycles. The van der Waals surface area contributed by atoms with Crippen LogP contribution in [0.4, 0.5) is 5.82 Å². The molecule has 8 nitrogen and oxygen atoms in total. The molecule has 0 fully saturated rings. The van der Waals surface area contributed by atoms with Crippen LogP contribution in [0.1, 0.15) is 84.9 Å². The average molecular weight is 479 g/mol. The topological polar surface area (TPSA) is 103 Å². The van der Waals surface area contributed by atoms with Gasteiger partial charge in [-0.2, -0.15) is 0 Å². The van der Waals surface area contributed by atoms with Gasteiger partial charge in [-0.15, -0.1) is 0 Å². The molecule has 0 atom stereocenters. The zero-order chi connectivity index (χ0) is 25.5. The number of fused-ring (bicyclic) bond motifs is 1. The maximum Gasteiger partial charge on any atom is 0.342 e. The van der Waals surface area contributed by atoms with Crippen molar-refractivity contribution < 1.29 is 14.1 Å². The fraction of sp³-hybridized carbons (Fsp3) is 0.481. The molecule has 1 aliphatic rings. The van der Waals surface area contributed by atoms with Gasteiger partial charge in [0.2, 0.25) is 0 Å². The lowest BCUT2D eigenvalue weighted by Crippen LogP contribution is -2.34. The maximum absolute atomic E-state index is 12.6. The van der Waals surface area contributed by atoms with E-state index in [2.05, 4.69) is 57.1 Å². The minimum Gasteiger partial charge on any atom is -0.456 e. The normalized spacial score (nSPS) is 16.1. The molecule has 1 aromatic carbocycles. The molecule has 1 N–H and O–H groups in total. The first-order chi connectivity index (χ1) is 16.4. The molecular formula is C27H34N4O4. The summed E-state index contributed by atoms with van der Waals surface area (Å²) in [5, 5.41) is 13.9. The molecule has 2 aromatic heterocycles. The number of aryl methyl sites for hydroxylation is 2. The number of benzene rings is 1. The monoisotopic (exact) mass is 478 g/mol. The molecule has 0 unspecified atom stereocenters. The number of carbonyl (C=O) groups excluding carboxylic acids is 1. The molecule has 35 heavy (non-hydrogen) atoms. The van der Waals surface area contributed by atoms with E-state index >= 15 is 0 Å². The van der Waals surface area contributed by atoms with Crippen LogP contribution in [0.5, 0.6) is 0 Å². The lowest BCUT2D eigenvalue weighted by atomic mass is 9.62. The lowest BCUT2D eigenvalue weighted by Gasteiger charge is -2.42. The first kappa shape index (κ1) is 24.7. The van der Waals surface area contributed by atoms with E-state index in [9.17, 15) is 14.9 Å². The van der Waals surface area contributed by atoms with Crippen LogP contribution in [0.2, 0.25) is 0 Å². The standard InChI is InChI=1S/C27H34N4O4/c1-17-13-21-22(27(5,6)10-9-26(21,3)4)15-19(17)14-20-7-8-23(35-20)25(32)28-11-12-30-18(2)29-16-24(30)31(33)34/h7-8,13,15-16H,9-12,14H2,1-6H3,(H,28,32). The summed E-state index contributed by atoms with van der Waals surface area (Å²) in [5.74, 6) is 1.05. The Bertz CT molecular complexity index is 1280. The molecule has 0 saturated carbocycles. The fourth-order valence-corrected chi connectivity index (χ4v) is 4.99. The van der Waals surface area contributed by atoms with E-state index in [1.54, 1.807) is 13.0 Å². The Kier molecular flexibility index (Phi) is 6.34. The number of carbonyl (C=O) groups is 1. The van der Waals surface area contributed by atoms with Gasteiger partial charge in [-0.05, 0) is 69.9 Å². The molecule has 4 rings (SSSR count). The second-order valence-electron chi connectivity index (χ2n) is 10.9. The van der Waals surface area contributed by atoms with E-state index in [-0.39, 0.29) is 41.4 Å². The number of nitrogens with zero attached hydrogens (tertiary/aromatic N) is 3. The van der Waals surface area contributed by atoms with Crippen molar-refractivity contribution in [3.05, 3.63) is 80.2 Å². The predicted octanol–water partition coefficient (Wildman–Crippen LogP) is 5.37. The van der Waals surface area contributed by atoms with Gasteiger partial charge in [-0.3, -0.25) is 4.79 Å². The third kappa shape index (κ3) is 4.88. The van der Waals surface area contributed by atoms with Gasteiger partial charge in [0.25, 0.3) is 5.91 Å². The highest BCUT2D eigenvalue weighted by atomic mass is 16.6. The Morgan fingerprint density at radius 1 is 1.14 bits per heavy atom. The van der Waals surface area contributed by atoms with Crippen molar-refractivity contribution in [3.8, 4) is 0 Å². The van der Waals surface area contributed by atoms with Crippen molar-refractivity contribution in [1.82, 2.24) is 14.9 Å². The highest BCUT2D eigenvalue weighted by Gasteiger charge is 2.37. The molecular weight excluding hydrogens is 444 g/mol. The maximum atomic E-state index is 12.6. The van der Waals surface area contributed by atoms with Crippen molar-refractivity contribution in [3.63, 3.8) is 0 Å². The minimum absolute atomic E-state index is 0.0935. The summed E-state index contributed by atoms with van der Waals surface area (Å²) in [6.07, 6.45) is 4.17. The van der Waals surface area contributed by atoms with Gasteiger partial charge in [-0.1, -0.05) is 39.8 Å². The molecule has 186 valence electrons. The third-order valence-corrected chi connectivity index (χ3v) is 7.40. The fourth-order valence-electron chi connectivity index (χ4n) is 4.99. The van der Waals surface area contributed by atoms with Crippen molar-refractivity contribution in [2.24, 2.45) is 0 Å². The number of hydrogen-bond donors (Lipinski definition) is 1. The van der Waals surface area contributed by atoms with E-state index in [4.69, 9.17) is 4.42 Å².